The first-order chi connectivity index (χ1) is 13.7. The summed E-state index contributed by atoms with van der Waals surface area (Å²) in [7, 11) is 0. The van der Waals surface area contributed by atoms with Crippen LogP contribution in [0.1, 0.15) is 76.3 Å². The highest BCUT2D eigenvalue weighted by Crippen LogP contribution is 2.32. The SMILES string of the molecule is CC(C)c1cccc(C(C)C)c1NC(=O)CN1C(=O)C(=O)N(C2CCCC2)C1=O. The fraction of sp³-hybridized carbons (Fsp3) is 0.545. The fourth-order valence-electron chi connectivity index (χ4n) is 4.16. The van der Waals surface area contributed by atoms with Crippen LogP contribution in [0.3, 0.4) is 0 Å². The number of carbonyl (C=O) groups is 4. The van der Waals surface area contributed by atoms with Crippen molar-refractivity contribution in [2.75, 3.05) is 11.9 Å². The van der Waals surface area contributed by atoms with Crippen LogP contribution in [0.15, 0.2) is 18.2 Å². The summed E-state index contributed by atoms with van der Waals surface area (Å²) in [5, 5.41) is 2.89. The fourth-order valence-corrected chi connectivity index (χ4v) is 4.16. The molecule has 1 aromatic carbocycles. The van der Waals surface area contributed by atoms with Gasteiger partial charge >= 0.3 is 17.8 Å². The van der Waals surface area contributed by atoms with Gasteiger partial charge in [-0.25, -0.2) is 9.69 Å². The number of imide groups is 2. The molecule has 3 rings (SSSR count). The Morgan fingerprint density at radius 3 is 2.07 bits per heavy atom. The minimum absolute atomic E-state index is 0.193. The van der Waals surface area contributed by atoms with E-state index in [0.717, 1.165) is 39.5 Å². The molecular formula is C22H29N3O4. The van der Waals surface area contributed by atoms with E-state index in [4.69, 9.17) is 0 Å². The Morgan fingerprint density at radius 1 is 1.00 bits per heavy atom. The van der Waals surface area contributed by atoms with E-state index in [1.807, 2.05) is 45.9 Å². The highest BCUT2D eigenvalue weighted by atomic mass is 16.2. The van der Waals surface area contributed by atoms with Crippen LogP contribution in [0.5, 0.6) is 0 Å². The molecule has 0 aromatic heterocycles. The number of carbonyl (C=O) groups excluding carboxylic acids is 4. The van der Waals surface area contributed by atoms with Crippen LogP contribution < -0.4 is 5.32 Å². The Bertz CT molecular complexity index is 814. The number of para-hydroxylation sites is 1. The lowest BCUT2D eigenvalue weighted by Gasteiger charge is -2.22. The van der Waals surface area contributed by atoms with Crippen molar-refractivity contribution in [2.24, 2.45) is 0 Å². The maximum absolute atomic E-state index is 12.8. The van der Waals surface area contributed by atoms with Gasteiger partial charge in [0.05, 0.1) is 0 Å². The van der Waals surface area contributed by atoms with Gasteiger partial charge < -0.3 is 5.32 Å². The molecule has 0 atom stereocenters. The van der Waals surface area contributed by atoms with Gasteiger partial charge in [0, 0.05) is 11.7 Å². The number of hydrogen-bond acceptors (Lipinski definition) is 4. The van der Waals surface area contributed by atoms with Gasteiger partial charge in [-0.15, -0.1) is 0 Å². The third-order valence-electron chi connectivity index (χ3n) is 5.71. The summed E-state index contributed by atoms with van der Waals surface area (Å²) in [5.41, 5.74) is 2.71. The predicted molar refractivity (Wildman–Crippen MR) is 109 cm³/mol. The highest BCUT2D eigenvalue weighted by Gasteiger charge is 2.48. The maximum Gasteiger partial charge on any atom is 0.334 e. The molecule has 0 bridgehead atoms. The number of hydrogen-bond donors (Lipinski definition) is 1. The molecular weight excluding hydrogens is 370 g/mol. The third-order valence-corrected chi connectivity index (χ3v) is 5.71. The molecule has 1 saturated carbocycles. The van der Waals surface area contributed by atoms with Crippen molar-refractivity contribution in [3.05, 3.63) is 29.3 Å². The molecule has 1 N–H and O–H groups in total. The van der Waals surface area contributed by atoms with Crippen molar-refractivity contribution < 1.29 is 19.2 Å². The van der Waals surface area contributed by atoms with Gasteiger partial charge in [0.2, 0.25) is 5.91 Å². The Morgan fingerprint density at radius 2 is 1.55 bits per heavy atom. The lowest BCUT2D eigenvalue weighted by atomic mass is 9.92. The van der Waals surface area contributed by atoms with Gasteiger partial charge in [0.1, 0.15) is 6.54 Å². The lowest BCUT2D eigenvalue weighted by Crippen LogP contribution is -2.41. The lowest BCUT2D eigenvalue weighted by molar-refractivity contribution is -0.144. The van der Waals surface area contributed by atoms with Crippen LogP contribution >= 0.6 is 0 Å². The topological polar surface area (TPSA) is 86.8 Å². The van der Waals surface area contributed by atoms with Crippen molar-refractivity contribution in [3.8, 4) is 0 Å². The van der Waals surface area contributed by atoms with Gasteiger partial charge in [0.15, 0.2) is 0 Å². The quantitative estimate of drug-likeness (QED) is 0.585. The van der Waals surface area contributed by atoms with Crippen LogP contribution in [-0.4, -0.2) is 46.1 Å². The van der Waals surface area contributed by atoms with Gasteiger partial charge in [0.25, 0.3) is 0 Å². The molecule has 156 valence electrons. The number of urea groups is 1. The highest BCUT2D eigenvalue weighted by molar-refractivity contribution is 6.45. The molecule has 1 aliphatic carbocycles. The first kappa shape index (κ1) is 21.0. The minimum atomic E-state index is -0.918. The van der Waals surface area contributed by atoms with E-state index in [-0.39, 0.29) is 17.9 Å². The second-order valence-electron chi connectivity index (χ2n) is 8.46. The standard InChI is InChI=1S/C22H29N3O4/c1-13(2)16-10-7-11-17(14(3)4)19(16)23-18(26)12-24-20(27)21(28)25(22(24)29)15-8-5-6-9-15/h7,10-11,13-15H,5-6,8-9,12H2,1-4H3,(H,23,26). The summed E-state index contributed by atoms with van der Waals surface area (Å²) in [4.78, 5) is 51.9. The van der Waals surface area contributed by atoms with E-state index in [0.29, 0.717) is 12.8 Å². The Balaban J connectivity index is 1.78. The zero-order chi connectivity index (χ0) is 21.3. The van der Waals surface area contributed by atoms with Crippen molar-refractivity contribution in [3.63, 3.8) is 0 Å². The molecule has 7 nitrogen and oxygen atoms in total. The molecule has 2 fully saturated rings. The maximum atomic E-state index is 12.8. The van der Waals surface area contributed by atoms with E-state index >= 15 is 0 Å². The predicted octanol–water partition coefficient (Wildman–Crippen LogP) is 3.61. The molecule has 5 amide bonds. The van der Waals surface area contributed by atoms with Crippen LogP contribution in [0, 0.1) is 0 Å². The summed E-state index contributed by atoms with van der Waals surface area (Å²) in [5.74, 6) is -1.84. The monoisotopic (exact) mass is 399 g/mol. The molecule has 0 radical (unpaired) electrons. The summed E-state index contributed by atoms with van der Waals surface area (Å²) < 4.78 is 0. The summed E-state index contributed by atoms with van der Waals surface area (Å²) in [6.45, 7) is 7.71. The van der Waals surface area contributed by atoms with E-state index in [2.05, 4.69) is 5.32 Å². The van der Waals surface area contributed by atoms with Gasteiger partial charge in [-0.3, -0.25) is 19.3 Å². The number of nitrogens with one attached hydrogen (secondary N) is 1. The Hall–Kier alpha value is -2.70. The van der Waals surface area contributed by atoms with E-state index < -0.39 is 30.3 Å². The molecule has 2 aliphatic rings. The normalized spacial score (nSPS) is 17.9. The number of nitrogens with zero attached hydrogens (tertiary/aromatic N) is 2. The Kier molecular flexibility index (Phi) is 6.05. The van der Waals surface area contributed by atoms with Gasteiger partial charge in [-0.05, 0) is 35.8 Å². The molecule has 1 aliphatic heterocycles. The van der Waals surface area contributed by atoms with E-state index in [9.17, 15) is 19.2 Å². The first-order valence-corrected chi connectivity index (χ1v) is 10.3. The summed E-state index contributed by atoms with van der Waals surface area (Å²) in [6, 6.07) is 4.98. The van der Waals surface area contributed by atoms with Crippen molar-refractivity contribution in [1.82, 2.24) is 9.80 Å². The van der Waals surface area contributed by atoms with E-state index in [1.165, 1.54) is 0 Å². The number of amides is 5. The second-order valence-corrected chi connectivity index (χ2v) is 8.46. The molecule has 1 aromatic rings. The average molecular weight is 399 g/mol. The number of rotatable bonds is 6. The zero-order valence-electron chi connectivity index (χ0n) is 17.5. The molecule has 1 saturated heterocycles. The molecule has 0 spiro atoms. The largest absolute Gasteiger partial charge is 0.334 e. The van der Waals surface area contributed by atoms with Crippen LogP contribution in [0.4, 0.5) is 10.5 Å². The zero-order valence-corrected chi connectivity index (χ0v) is 17.5. The van der Waals surface area contributed by atoms with Crippen molar-refractivity contribution in [1.29, 1.82) is 0 Å². The average Bonchev–Trinajstić information content (AvgIpc) is 3.25. The smallest absolute Gasteiger partial charge is 0.324 e. The molecule has 0 unspecified atom stereocenters. The summed E-state index contributed by atoms with van der Waals surface area (Å²) >= 11 is 0. The van der Waals surface area contributed by atoms with E-state index in [1.54, 1.807) is 0 Å². The Labute approximate surface area is 171 Å². The second kappa shape index (κ2) is 8.35. The van der Waals surface area contributed by atoms with Crippen LogP contribution in [0.25, 0.3) is 0 Å². The first-order valence-electron chi connectivity index (χ1n) is 10.3. The number of benzene rings is 1. The third kappa shape index (κ3) is 4.04. The van der Waals surface area contributed by atoms with Crippen LogP contribution in [0.2, 0.25) is 0 Å². The molecule has 1 heterocycles. The van der Waals surface area contributed by atoms with Gasteiger partial charge in [-0.2, -0.15) is 0 Å². The molecule has 29 heavy (non-hydrogen) atoms. The van der Waals surface area contributed by atoms with Crippen molar-refractivity contribution >= 4 is 29.4 Å². The minimum Gasteiger partial charge on any atom is -0.324 e. The van der Waals surface area contributed by atoms with Gasteiger partial charge in [-0.1, -0.05) is 58.7 Å². The van der Waals surface area contributed by atoms with Crippen LogP contribution in [-0.2, 0) is 14.4 Å². The van der Waals surface area contributed by atoms with Crippen molar-refractivity contribution in [2.45, 2.75) is 71.3 Å². The molecule has 7 heteroatoms. The summed E-state index contributed by atoms with van der Waals surface area (Å²) in [6.07, 6.45) is 3.29. The number of anilines is 1.